The van der Waals surface area contributed by atoms with Crippen LogP contribution in [0.4, 0.5) is 0 Å². The molecule has 0 amide bonds. The molecule has 3 rings (SSSR count). The van der Waals surface area contributed by atoms with Crippen LogP contribution in [-0.4, -0.2) is 10.7 Å². The maximum absolute atomic E-state index is 10.8. The highest BCUT2D eigenvalue weighted by atomic mass is 16.3. The Morgan fingerprint density at radius 1 is 0.895 bits per heavy atom. The van der Waals surface area contributed by atoms with Crippen LogP contribution in [0.25, 0.3) is 0 Å². The molecule has 1 nitrogen and oxygen atoms in total. The van der Waals surface area contributed by atoms with Crippen LogP contribution in [-0.2, 0) is 25.7 Å². The van der Waals surface area contributed by atoms with Gasteiger partial charge in [0.1, 0.15) is 0 Å². The van der Waals surface area contributed by atoms with E-state index in [1.54, 1.807) is 0 Å². The minimum Gasteiger partial charge on any atom is -0.389 e. The van der Waals surface area contributed by atoms with Crippen molar-refractivity contribution in [2.24, 2.45) is 0 Å². The lowest BCUT2D eigenvalue weighted by Gasteiger charge is -2.22. The van der Waals surface area contributed by atoms with Crippen LogP contribution >= 0.6 is 0 Å². The summed E-state index contributed by atoms with van der Waals surface area (Å²) in [5, 5.41) is 10.8. The molecule has 98 valence electrons. The molecule has 0 saturated carbocycles. The van der Waals surface area contributed by atoms with Gasteiger partial charge in [0.15, 0.2) is 0 Å². The topological polar surface area (TPSA) is 20.2 Å². The van der Waals surface area contributed by atoms with Crippen LogP contribution in [0.5, 0.6) is 0 Å². The fourth-order valence-corrected chi connectivity index (χ4v) is 3.07. The van der Waals surface area contributed by atoms with Crippen molar-refractivity contribution in [2.45, 2.75) is 38.2 Å². The number of fused-ring (bicyclic) bond motifs is 1. The Balaban J connectivity index is 1.77. The molecule has 0 aliphatic heterocycles. The van der Waals surface area contributed by atoms with Crippen LogP contribution in [0.15, 0.2) is 48.5 Å². The van der Waals surface area contributed by atoms with E-state index in [0.717, 1.165) is 25.7 Å². The van der Waals surface area contributed by atoms with E-state index in [1.807, 2.05) is 0 Å². The summed E-state index contributed by atoms with van der Waals surface area (Å²) in [4.78, 5) is 0. The number of rotatable bonds is 3. The largest absolute Gasteiger partial charge is 0.389 e. The van der Waals surface area contributed by atoms with Gasteiger partial charge in [-0.25, -0.2) is 0 Å². The monoisotopic (exact) mass is 252 g/mol. The van der Waals surface area contributed by atoms with Gasteiger partial charge in [-0.1, -0.05) is 55.5 Å². The molecule has 0 heterocycles. The van der Waals surface area contributed by atoms with Crippen LogP contribution in [0, 0.1) is 0 Å². The van der Waals surface area contributed by atoms with Crippen molar-refractivity contribution in [1.82, 2.24) is 0 Å². The molecule has 0 radical (unpaired) electrons. The van der Waals surface area contributed by atoms with E-state index >= 15 is 0 Å². The zero-order valence-electron chi connectivity index (χ0n) is 11.4. The second-order valence-electron chi connectivity index (χ2n) is 5.69. The van der Waals surface area contributed by atoms with E-state index in [2.05, 4.69) is 55.5 Å². The van der Waals surface area contributed by atoms with Gasteiger partial charge in [-0.2, -0.15) is 0 Å². The van der Waals surface area contributed by atoms with Gasteiger partial charge in [0.2, 0.25) is 0 Å². The summed E-state index contributed by atoms with van der Waals surface area (Å²) in [6, 6.07) is 17.0. The Kier molecular flexibility index (Phi) is 3.16. The minimum absolute atomic E-state index is 0.600. The Morgan fingerprint density at radius 2 is 1.42 bits per heavy atom. The van der Waals surface area contributed by atoms with Crippen LogP contribution in [0.2, 0.25) is 0 Å². The lowest BCUT2D eigenvalue weighted by atomic mass is 9.91. The van der Waals surface area contributed by atoms with Gasteiger partial charge in [0.05, 0.1) is 5.60 Å². The fraction of sp³-hybridized carbons (Fsp3) is 0.333. The van der Waals surface area contributed by atoms with Crippen molar-refractivity contribution >= 4 is 0 Å². The molecule has 2 aromatic rings. The van der Waals surface area contributed by atoms with E-state index in [1.165, 1.54) is 22.3 Å². The Morgan fingerprint density at radius 3 is 1.95 bits per heavy atom. The first-order valence-electron chi connectivity index (χ1n) is 7.05. The van der Waals surface area contributed by atoms with Gasteiger partial charge in [-0.3, -0.25) is 0 Å². The van der Waals surface area contributed by atoms with Crippen molar-refractivity contribution in [3.63, 3.8) is 0 Å². The van der Waals surface area contributed by atoms with Crippen molar-refractivity contribution in [3.05, 3.63) is 70.8 Å². The zero-order chi connectivity index (χ0) is 13.3. The van der Waals surface area contributed by atoms with Gasteiger partial charge in [-0.15, -0.1) is 0 Å². The molecule has 0 bridgehead atoms. The molecule has 0 atom stereocenters. The van der Waals surface area contributed by atoms with E-state index in [0.29, 0.717) is 0 Å². The number of aryl methyl sites for hydroxylation is 1. The maximum atomic E-state index is 10.8. The van der Waals surface area contributed by atoms with Crippen molar-refractivity contribution in [3.8, 4) is 0 Å². The summed E-state index contributed by atoms with van der Waals surface area (Å²) < 4.78 is 0. The highest BCUT2D eigenvalue weighted by Gasteiger charge is 2.34. The smallest absolute Gasteiger partial charge is 0.0768 e. The average Bonchev–Trinajstić information content (AvgIpc) is 2.75. The van der Waals surface area contributed by atoms with Crippen molar-refractivity contribution in [2.75, 3.05) is 0 Å². The second kappa shape index (κ2) is 4.82. The van der Waals surface area contributed by atoms with Gasteiger partial charge >= 0.3 is 0 Å². The first-order chi connectivity index (χ1) is 9.18. The molecule has 1 N–H and O–H groups in total. The van der Waals surface area contributed by atoms with E-state index < -0.39 is 5.60 Å². The quantitative estimate of drug-likeness (QED) is 0.888. The molecule has 1 aliphatic carbocycles. The summed E-state index contributed by atoms with van der Waals surface area (Å²) >= 11 is 0. The molecule has 0 spiro atoms. The third-order valence-electron chi connectivity index (χ3n) is 4.12. The molecule has 0 unspecified atom stereocenters. The molecular weight excluding hydrogens is 232 g/mol. The summed E-state index contributed by atoms with van der Waals surface area (Å²) in [7, 11) is 0. The third kappa shape index (κ3) is 2.57. The minimum atomic E-state index is -0.600. The molecule has 1 aliphatic rings. The first kappa shape index (κ1) is 12.4. The van der Waals surface area contributed by atoms with Crippen molar-refractivity contribution in [1.29, 1.82) is 0 Å². The molecule has 19 heavy (non-hydrogen) atoms. The van der Waals surface area contributed by atoms with Gasteiger partial charge in [0, 0.05) is 19.3 Å². The number of aliphatic hydroxyl groups is 1. The Hall–Kier alpha value is -1.60. The summed E-state index contributed by atoms with van der Waals surface area (Å²) in [6.07, 6.45) is 3.36. The second-order valence-corrected chi connectivity index (χ2v) is 5.69. The molecule has 1 heteroatoms. The lowest BCUT2D eigenvalue weighted by Crippen LogP contribution is -2.32. The van der Waals surface area contributed by atoms with Gasteiger partial charge in [-0.05, 0) is 28.7 Å². The molecular formula is C18H20O. The fourth-order valence-electron chi connectivity index (χ4n) is 3.07. The Labute approximate surface area is 114 Å². The molecule has 2 aromatic carbocycles. The van der Waals surface area contributed by atoms with Crippen molar-refractivity contribution < 1.29 is 5.11 Å². The molecule has 0 aromatic heterocycles. The highest BCUT2D eigenvalue weighted by molar-refractivity contribution is 5.36. The Bertz CT molecular complexity index is 543. The van der Waals surface area contributed by atoms with Crippen LogP contribution < -0.4 is 0 Å². The molecule has 0 fully saturated rings. The third-order valence-corrected chi connectivity index (χ3v) is 4.12. The zero-order valence-corrected chi connectivity index (χ0v) is 11.4. The maximum Gasteiger partial charge on any atom is 0.0768 e. The SMILES string of the molecule is CCc1ccc(CC2(O)Cc3ccccc3C2)cc1. The average molecular weight is 252 g/mol. The predicted octanol–water partition coefficient (Wildman–Crippen LogP) is 3.32. The van der Waals surface area contributed by atoms with Crippen LogP contribution in [0.3, 0.4) is 0 Å². The standard InChI is InChI=1S/C18H20O/c1-2-14-7-9-15(10-8-14)11-18(19)12-16-5-3-4-6-17(16)13-18/h3-10,19H,2,11-13H2,1H3. The number of hydrogen-bond acceptors (Lipinski definition) is 1. The van der Waals surface area contributed by atoms with E-state index in [-0.39, 0.29) is 0 Å². The molecule has 0 saturated heterocycles. The normalized spacial score (nSPS) is 16.3. The predicted molar refractivity (Wildman–Crippen MR) is 78.3 cm³/mol. The first-order valence-corrected chi connectivity index (χ1v) is 7.05. The van der Waals surface area contributed by atoms with E-state index in [4.69, 9.17) is 0 Å². The lowest BCUT2D eigenvalue weighted by molar-refractivity contribution is 0.0518. The summed E-state index contributed by atoms with van der Waals surface area (Å²) in [6.45, 7) is 2.16. The number of benzene rings is 2. The summed E-state index contributed by atoms with van der Waals surface area (Å²) in [5.41, 5.74) is 4.58. The van der Waals surface area contributed by atoms with Crippen LogP contribution in [0.1, 0.15) is 29.2 Å². The highest BCUT2D eigenvalue weighted by Crippen LogP contribution is 2.32. The number of hydrogen-bond donors (Lipinski definition) is 1. The van der Waals surface area contributed by atoms with Gasteiger partial charge in [0.25, 0.3) is 0 Å². The summed E-state index contributed by atoms with van der Waals surface area (Å²) in [5.74, 6) is 0. The van der Waals surface area contributed by atoms with E-state index in [9.17, 15) is 5.11 Å². The van der Waals surface area contributed by atoms with Gasteiger partial charge < -0.3 is 5.11 Å².